The summed E-state index contributed by atoms with van der Waals surface area (Å²) < 4.78 is 10.3. The van der Waals surface area contributed by atoms with Crippen LogP contribution >= 0.6 is 11.3 Å². The van der Waals surface area contributed by atoms with Crippen LogP contribution < -0.4 is 10.2 Å². The Labute approximate surface area is 149 Å². The van der Waals surface area contributed by atoms with Gasteiger partial charge in [-0.05, 0) is 31.2 Å². The molecule has 0 bridgehead atoms. The van der Waals surface area contributed by atoms with Gasteiger partial charge in [-0.2, -0.15) is 0 Å². The molecule has 2 heterocycles. The molecule has 1 aliphatic rings. The Kier molecular flexibility index (Phi) is 5.62. The second kappa shape index (κ2) is 8.09. The number of carbonyl (C=O) groups excluding carboxylic acids is 2. The van der Waals surface area contributed by atoms with E-state index in [1.807, 2.05) is 24.3 Å². The SMILES string of the molecule is Cc1ncc(C(=O)OCC(=O)Nc2ccc(N3CCOCC3)cc2)s1. The number of hydrogen-bond acceptors (Lipinski definition) is 7. The quantitative estimate of drug-likeness (QED) is 0.822. The molecule has 1 aliphatic heterocycles. The topological polar surface area (TPSA) is 80.8 Å². The van der Waals surface area contributed by atoms with E-state index in [4.69, 9.17) is 9.47 Å². The molecule has 0 unspecified atom stereocenters. The predicted molar refractivity (Wildman–Crippen MR) is 95.2 cm³/mol. The third-order valence-electron chi connectivity index (χ3n) is 3.68. The Morgan fingerprint density at radius 1 is 1.28 bits per heavy atom. The van der Waals surface area contributed by atoms with E-state index < -0.39 is 5.97 Å². The van der Waals surface area contributed by atoms with Crippen LogP contribution in [0.1, 0.15) is 14.7 Å². The molecule has 0 spiro atoms. The van der Waals surface area contributed by atoms with Crippen molar-refractivity contribution in [2.75, 3.05) is 43.1 Å². The van der Waals surface area contributed by atoms with Crippen LogP contribution in [0.3, 0.4) is 0 Å². The molecule has 1 aromatic carbocycles. The van der Waals surface area contributed by atoms with Crippen LogP contribution in [0.5, 0.6) is 0 Å². The van der Waals surface area contributed by atoms with Crippen molar-refractivity contribution in [3.05, 3.63) is 40.3 Å². The van der Waals surface area contributed by atoms with Crippen LogP contribution in [-0.4, -0.2) is 49.8 Å². The van der Waals surface area contributed by atoms with Crippen LogP contribution in [0.4, 0.5) is 11.4 Å². The van der Waals surface area contributed by atoms with E-state index >= 15 is 0 Å². The first-order valence-corrected chi connectivity index (χ1v) is 8.75. The van der Waals surface area contributed by atoms with Gasteiger partial charge in [-0.3, -0.25) is 4.79 Å². The Morgan fingerprint density at radius 2 is 2.00 bits per heavy atom. The predicted octanol–water partition coefficient (Wildman–Crippen LogP) is 2.08. The third-order valence-corrected chi connectivity index (χ3v) is 4.58. The van der Waals surface area contributed by atoms with Gasteiger partial charge >= 0.3 is 5.97 Å². The number of hydrogen-bond donors (Lipinski definition) is 1. The fourth-order valence-electron chi connectivity index (χ4n) is 2.43. The van der Waals surface area contributed by atoms with Crippen molar-refractivity contribution in [2.24, 2.45) is 0 Å². The highest BCUT2D eigenvalue weighted by molar-refractivity contribution is 7.13. The molecule has 3 rings (SSSR count). The second-order valence-electron chi connectivity index (χ2n) is 5.51. The lowest BCUT2D eigenvalue weighted by Crippen LogP contribution is -2.36. The molecule has 25 heavy (non-hydrogen) atoms. The van der Waals surface area contributed by atoms with Gasteiger partial charge in [-0.1, -0.05) is 0 Å². The minimum Gasteiger partial charge on any atom is -0.451 e. The number of nitrogens with zero attached hydrogens (tertiary/aromatic N) is 2. The summed E-state index contributed by atoms with van der Waals surface area (Å²) in [4.78, 5) is 30.3. The summed E-state index contributed by atoms with van der Waals surface area (Å²) in [6.45, 7) is 4.64. The molecular formula is C17H19N3O4S. The maximum Gasteiger partial charge on any atom is 0.350 e. The molecule has 1 N–H and O–H groups in total. The highest BCUT2D eigenvalue weighted by atomic mass is 32.1. The highest BCUT2D eigenvalue weighted by Crippen LogP contribution is 2.19. The summed E-state index contributed by atoms with van der Waals surface area (Å²) >= 11 is 1.24. The summed E-state index contributed by atoms with van der Waals surface area (Å²) in [5.74, 6) is -0.919. The van der Waals surface area contributed by atoms with Crippen LogP contribution in [0.15, 0.2) is 30.5 Å². The molecule has 0 radical (unpaired) electrons. The first-order valence-electron chi connectivity index (χ1n) is 7.94. The minimum atomic E-state index is -0.539. The number of carbonyl (C=O) groups is 2. The number of thiazole rings is 1. The number of benzene rings is 1. The smallest absolute Gasteiger partial charge is 0.350 e. The number of esters is 1. The van der Waals surface area contributed by atoms with E-state index in [-0.39, 0.29) is 12.5 Å². The van der Waals surface area contributed by atoms with Gasteiger partial charge in [0.1, 0.15) is 4.88 Å². The number of rotatable bonds is 5. The van der Waals surface area contributed by atoms with Gasteiger partial charge in [-0.15, -0.1) is 11.3 Å². The average molecular weight is 361 g/mol. The monoisotopic (exact) mass is 361 g/mol. The molecule has 132 valence electrons. The average Bonchev–Trinajstić information content (AvgIpc) is 3.08. The molecule has 0 atom stereocenters. The molecule has 0 aliphatic carbocycles. The Balaban J connectivity index is 1.48. The van der Waals surface area contributed by atoms with Crippen LogP contribution in [0, 0.1) is 6.92 Å². The zero-order valence-electron chi connectivity index (χ0n) is 13.9. The summed E-state index contributed by atoms with van der Waals surface area (Å²) in [7, 11) is 0. The van der Waals surface area contributed by atoms with Crippen LogP contribution in [0.25, 0.3) is 0 Å². The summed E-state index contributed by atoms with van der Waals surface area (Å²) in [6.07, 6.45) is 1.45. The largest absolute Gasteiger partial charge is 0.451 e. The maximum absolute atomic E-state index is 11.9. The summed E-state index contributed by atoms with van der Waals surface area (Å²) in [5, 5.41) is 3.49. The normalized spacial score (nSPS) is 14.2. The second-order valence-corrected chi connectivity index (χ2v) is 6.75. The molecule has 8 heteroatoms. The van der Waals surface area contributed by atoms with Crippen molar-refractivity contribution in [3.8, 4) is 0 Å². The molecule has 0 saturated carbocycles. The summed E-state index contributed by atoms with van der Waals surface area (Å²) in [5.41, 5.74) is 1.75. The van der Waals surface area contributed by atoms with Crippen molar-refractivity contribution in [2.45, 2.75) is 6.92 Å². The zero-order valence-corrected chi connectivity index (χ0v) is 14.7. The molecular weight excluding hydrogens is 342 g/mol. The fraction of sp³-hybridized carbons (Fsp3) is 0.353. The third kappa shape index (κ3) is 4.77. The number of amides is 1. The zero-order chi connectivity index (χ0) is 17.6. The molecule has 7 nitrogen and oxygen atoms in total. The molecule has 1 amide bonds. The molecule has 2 aromatic rings. The van der Waals surface area contributed by atoms with Crippen LogP contribution in [-0.2, 0) is 14.3 Å². The lowest BCUT2D eigenvalue weighted by atomic mass is 10.2. The number of morpholine rings is 1. The highest BCUT2D eigenvalue weighted by Gasteiger charge is 2.14. The lowest BCUT2D eigenvalue weighted by Gasteiger charge is -2.28. The molecule has 1 fully saturated rings. The van der Waals surface area contributed by atoms with Crippen molar-refractivity contribution in [1.29, 1.82) is 0 Å². The van der Waals surface area contributed by atoms with Crippen LogP contribution in [0.2, 0.25) is 0 Å². The molecule has 1 saturated heterocycles. The first kappa shape index (κ1) is 17.4. The standard InChI is InChI=1S/C17H19N3O4S/c1-12-18-10-15(25-12)17(22)24-11-16(21)19-13-2-4-14(5-3-13)20-6-8-23-9-7-20/h2-5,10H,6-9,11H2,1H3,(H,19,21). The van der Waals surface area contributed by atoms with Gasteiger partial charge in [-0.25, -0.2) is 9.78 Å². The fourth-order valence-corrected chi connectivity index (χ4v) is 3.10. The van der Waals surface area contributed by atoms with Gasteiger partial charge in [0.05, 0.1) is 24.4 Å². The number of nitrogens with one attached hydrogen (secondary N) is 1. The maximum atomic E-state index is 11.9. The number of aryl methyl sites for hydroxylation is 1. The molecule has 1 aromatic heterocycles. The number of aromatic nitrogens is 1. The minimum absolute atomic E-state index is 0.332. The Hall–Kier alpha value is -2.45. The van der Waals surface area contributed by atoms with E-state index in [2.05, 4.69) is 15.2 Å². The van der Waals surface area contributed by atoms with Gasteiger partial charge in [0.2, 0.25) is 0 Å². The van der Waals surface area contributed by atoms with Gasteiger partial charge in [0.15, 0.2) is 6.61 Å². The number of anilines is 2. The van der Waals surface area contributed by atoms with Gasteiger partial charge < -0.3 is 19.7 Å². The van der Waals surface area contributed by atoms with E-state index in [0.29, 0.717) is 10.6 Å². The van der Waals surface area contributed by atoms with Crippen molar-refractivity contribution in [3.63, 3.8) is 0 Å². The van der Waals surface area contributed by atoms with Gasteiger partial charge in [0, 0.05) is 24.5 Å². The Morgan fingerprint density at radius 3 is 2.64 bits per heavy atom. The van der Waals surface area contributed by atoms with E-state index in [9.17, 15) is 9.59 Å². The van der Waals surface area contributed by atoms with Gasteiger partial charge in [0.25, 0.3) is 5.91 Å². The van der Waals surface area contributed by atoms with E-state index in [1.54, 1.807) is 6.92 Å². The van der Waals surface area contributed by atoms with E-state index in [1.165, 1.54) is 17.5 Å². The van der Waals surface area contributed by atoms with Crippen molar-refractivity contribution < 1.29 is 19.1 Å². The number of ether oxygens (including phenoxy) is 2. The lowest BCUT2D eigenvalue weighted by molar-refractivity contribution is -0.119. The summed E-state index contributed by atoms with van der Waals surface area (Å²) in [6, 6.07) is 7.56. The van der Waals surface area contributed by atoms with Crippen molar-refractivity contribution in [1.82, 2.24) is 4.98 Å². The first-order chi connectivity index (χ1) is 12.1. The Bertz CT molecular complexity index is 739. The van der Waals surface area contributed by atoms with E-state index in [0.717, 1.165) is 37.0 Å². The van der Waals surface area contributed by atoms with Crippen molar-refractivity contribution >= 4 is 34.6 Å².